The van der Waals surface area contributed by atoms with Gasteiger partial charge in [0.25, 0.3) is 0 Å². The SMILES string of the molecule is COCCCN(CCOC)c1snc(N)c1C#N. The lowest BCUT2D eigenvalue weighted by Gasteiger charge is -2.22. The maximum atomic E-state index is 9.09. The van der Waals surface area contributed by atoms with E-state index < -0.39 is 0 Å². The van der Waals surface area contributed by atoms with E-state index in [1.807, 2.05) is 0 Å². The Morgan fingerprint density at radius 2 is 2.06 bits per heavy atom. The molecule has 1 aromatic rings. The van der Waals surface area contributed by atoms with E-state index in [-0.39, 0.29) is 0 Å². The third kappa shape index (κ3) is 3.84. The van der Waals surface area contributed by atoms with Gasteiger partial charge < -0.3 is 20.1 Å². The summed E-state index contributed by atoms with van der Waals surface area (Å²) in [7, 11) is 3.32. The first kappa shape index (κ1) is 14.7. The third-order valence-corrected chi connectivity index (χ3v) is 3.36. The molecule has 0 saturated carbocycles. The van der Waals surface area contributed by atoms with Crippen LogP contribution in [0.3, 0.4) is 0 Å². The van der Waals surface area contributed by atoms with Gasteiger partial charge in [0.2, 0.25) is 0 Å². The molecule has 0 radical (unpaired) electrons. The van der Waals surface area contributed by atoms with Crippen molar-refractivity contribution >= 4 is 22.4 Å². The van der Waals surface area contributed by atoms with Gasteiger partial charge in [0.15, 0.2) is 5.82 Å². The Bertz CT molecular complexity index is 402. The molecule has 0 bridgehead atoms. The fourth-order valence-corrected chi connectivity index (χ4v) is 2.35. The molecule has 7 heteroatoms. The highest BCUT2D eigenvalue weighted by molar-refractivity contribution is 7.10. The average Bonchev–Trinajstić information content (AvgIpc) is 2.74. The minimum Gasteiger partial charge on any atom is -0.385 e. The number of nitrogens with zero attached hydrogens (tertiary/aromatic N) is 3. The van der Waals surface area contributed by atoms with Crippen LogP contribution in [0.25, 0.3) is 0 Å². The average molecular weight is 270 g/mol. The summed E-state index contributed by atoms with van der Waals surface area (Å²) < 4.78 is 14.1. The van der Waals surface area contributed by atoms with Crippen molar-refractivity contribution in [1.82, 2.24) is 4.37 Å². The van der Waals surface area contributed by atoms with Gasteiger partial charge in [-0.2, -0.15) is 9.64 Å². The highest BCUT2D eigenvalue weighted by Crippen LogP contribution is 2.29. The van der Waals surface area contributed by atoms with Gasteiger partial charge in [-0.25, -0.2) is 0 Å². The van der Waals surface area contributed by atoms with Crippen LogP contribution >= 0.6 is 11.5 Å². The smallest absolute Gasteiger partial charge is 0.157 e. The van der Waals surface area contributed by atoms with Crippen LogP contribution in [-0.2, 0) is 9.47 Å². The number of hydrogen-bond donors (Lipinski definition) is 1. The lowest BCUT2D eigenvalue weighted by molar-refractivity contribution is 0.191. The number of nitrogens with two attached hydrogens (primary N) is 1. The van der Waals surface area contributed by atoms with Gasteiger partial charge in [0.05, 0.1) is 6.61 Å². The van der Waals surface area contributed by atoms with E-state index in [1.54, 1.807) is 14.2 Å². The molecule has 0 aliphatic rings. The first-order chi connectivity index (χ1) is 8.74. The van der Waals surface area contributed by atoms with Gasteiger partial charge in [-0.3, -0.25) is 0 Å². The minimum absolute atomic E-state index is 0.298. The summed E-state index contributed by atoms with van der Waals surface area (Å²) in [5.41, 5.74) is 6.12. The van der Waals surface area contributed by atoms with Gasteiger partial charge in [0.1, 0.15) is 16.6 Å². The molecule has 2 N–H and O–H groups in total. The van der Waals surface area contributed by atoms with E-state index in [2.05, 4.69) is 15.3 Å². The fraction of sp³-hybridized carbons (Fsp3) is 0.636. The zero-order valence-electron chi connectivity index (χ0n) is 10.7. The Hall–Kier alpha value is -1.36. The van der Waals surface area contributed by atoms with E-state index in [9.17, 15) is 0 Å². The second kappa shape index (κ2) is 7.87. The van der Waals surface area contributed by atoms with Crippen molar-refractivity contribution in [3.63, 3.8) is 0 Å². The molecule has 0 aliphatic heterocycles. The molecular weight excluding hydrogens is 252 g/mol. The minimum atomic E-state index is 0.298. The highest BCUT2D eigenvalue weighted by atomic mass is 32.1. The lowest BCUT2D eigenvalue weighted by Crippen LogP contribution is -2.28. The van der Waals surface area contributed by atoms with Crippen molar-refractivity contribution in [3.05, 3.63) is 5.56 Å². The fourth-order valence-electron chi connectivity index (χ4n) is 1.53. The normalized spacial score (nSPS) is 10.3. The molecule has 0 aliphatic carbocycles. The number of hydrogen-bond acceptors (Lipinski definition) is 7. The summed E-state index contributed by atoms with van der Waals surface area (Å²) in [6.07, 6.45) is 0.878. The van der Waals surface area contributed by atoms with Crippen LogP contribution in [0.15, 0.2) is 0 Å². The molecule has 1 aromatic heterocycles. The standard InChI is InChI=1S/C11H18N4O2S/c1-16-6-3-4-15(5-7-17-2)11-9(8-12)10(13)14-18-11/h3-7H2,1-2H3,(H2,13,14). The van der Waals surface area contributed by atoms with E-state index in [0.717, 1.165) is 18.0 Å². The number of rotatable bonds is 8. The van der Waals surface area contributed by atoms with Crippen molar-refractivity contribution in [1.29, 1.82) is 5.26 Å². The van der Waals surface area contributed by atoms with Crippen LogP contribution in [0, 0.1) is 11.3 Å². The maximum absolute atomic E-state index is 9.09. The zero-order valence-corrected chi connectivity index (χ0v) is 11.5. The summed E-state index contributed by atoms with van der Waals surface area (Å²) in [4.78, 5) is 2.06. The number of nitriles is 1. The molecule has 0 amide bonds. The highest BCUT2D eigenvalue weighted by Gasteiger charge is 2.17. The van der Waals surface area contributed by atoms with Crippen LogP contribution in [-0.4, -0.2) is 44.9 Å². The van der Waals surface area contributed by atoms with E-state index in [1.165, 1.54) is 11.5 Å². The predicted molar refractivity (Wildman–Crippen MR) is 71.8 cm³/mol. The van der Waals surface area contributed by atoms with Crippen molar-refractivity contribution in [2.75, 3.05) is 51.2 Å². The largest absolute Gasteiger partial charge is 0.385 e. The molecule has 0 unspecified atom stereocenters. The second-order valence-electron chi connectivity index (χ2n) is 3.69. The molecule has 0 atom stereocenters. The van der Waals surface area contributed by atoms with Crippen LogP contribution in [0.1, 0.15) is 12.0 Å². The zero-order chi connectivity index (χ0) is 13.4. The van der Waals surface area contributed by atoms with Gasteiger partial charge in [-0.15, -0.1) is 0 Å². The Balaban J connectivity index is 2.77. The van der Waals surface area contributed by atoms with Crippen molar-refractivity contribution in [3.8, 4) is 6.07 Å². The molecular formula is C11H18N4O2S. The van der Waals surface area contributed by atoms with Crippen molar-refractivity contribution in [2.45, 2.75) is 6.42 Å². The Kier molecular flexibility index (Phi) is 6.43. The molecule has 0 aromatic carbocycles. The number of methoxy groups -OCH3 is 2. The van der Waals surface area contributed by atoms with E-state index >= 15 is 0 Å². The van der Waals surface area contributed by atoms with Gasteiger partial charge in [-0.1, -0.05) is 0 Å². The van der Waals surface area contributed by atoms with Crippen LogP contribution in [0.4, 0.5) is 10.8 Å². The van der Waals surface area contributed by atoms with E-state index in [4.69, 9.17) is 20.5 Å². The Morgan fingerprint density at radius 3 is 2.67 bits per heavy atom. The molecule has 6 nitrogen and oxygen atoms in total. The first-order valence-electron chi connectivity index (χ1n) is 5.62. The van der Waals surface area contributed by atoms with Crippen LogP contribution in [0.2, 0.25) is 0 Å². The molecule has 100 valence electrons. The molecule has 0 spiro atoms. The summed E-state index contributed by atoms with van der Waals surface area (Å²) in [5.74, 6) is 0.298. The topological polar surface area (TPSA) is 84.4 Å². The van der Waals surface area contributed by atoms with Crippen molar-refractivity contribution < 1.29 is 9.47 Å². The van der Waals surface area contributed by atoms with E-state index in [0.29, 0.717) is 31.1 Å². The molecule has 1 rings (SSSR count). The monoisotopic (exact) mass is 270 g/mol. The second-order valence-corrected chi connectivity index (χ2v) is 4.44. The summed E-state index contributed by atoms with van der Waals surface area (Å²) in [6.45, 7) is 2.76. The van der Waals surface area contributed by atoms with Crippen LogP contribution in [0.5, 0.6) is 0 Å². The lowest BCUT2D eigenvalue weighted by atomic mass is 10.3. The number of ether oxygens (including phenoxy) is 2. The summed E-state index contributed by atoms with van der Waals surface area (Å²) in [5, 5.41) is 9.90. The molecule has 1 heterocycles. The van der Waals surface area contributed by atoms with Gasteiger partial charge >= 0.3 is 0 Å². The Labute approximate surface area is 111 Å². The quantitative estimate of drug-likeness (QED) is 0.712. The van der Waals surface area contributed by atoms with Gasteiger partial charge in [0, 0.05) is 33.9 Å². The molecule has 0 saturated heterocycles. The summed E-state index contributed by atoms with van der Waals surface area (Å²) >= 11 is 1.25. The third-order valence-electron chi connectivity index (χ3n) is 2.44. The first-order valence-corrected chi connectivity index (χ1v) is 6.40. The van der Waals surface area contributed by atoms with Crippen LogP contribution < -0.4 is 10.6 Å². The van der Waals surface area contributed by atoms with Gasteiger partial charge in [-0.05, 0) is 18.0 Å². The summed E-state index contributed by atoms with van der Waals surface area (Å²) in [6, 6.07) is 2.10. The molecule has 0 fully saturated rings. The number of aromatic nitrogens is 1. The van der Waals surface area contributed by atoms with Crippen molar-refractivity contribution in [2.24, 2.45) is 0 Å². The number of anilines is 2. The Morgan fingerprint density at radius 1 is 1.33 bits per heavy atom. The maximum Gasteiger partial charge on any atom is 0.157 e. The molecule has 18 heavy (non-hydrogen) atoms. The predicted octanol–water partition coefficient (Wildman–Crippen LogP) is 1.09. The number of nitrogen functional groups attached to an aromatic ring is 1.